The Bertz CT molecular complexity index is 349. The number of ether oxygens (including phenoxy) is 2. The first kappa shape index (κ1) is 12.2. The second kappa shape index (κ2) is 6.58. The topological polar surface area (TPSA) is 60.5 Å². The molecule has 0 saturated carbocycles. The summed E-state index contributed by atoms with van der Waals surface area (Å²) in [5.41, 5.74) is 0.601. The van der Waals surface area contributed by atoms with E-state index in [2.05, 4.69) is 16.9 Å². The Morgan fingerprint density at radius 3 is 2.94 bits per heavy atom. The smallest absolute Gasteiger partial charge is 0.247 e. The molecule has 0 atom stereocenters. The van der Waals surface area contributed by atoms with E-state index in [0.29, 0.717) is 24.8 Å². The van der Waals surface area contributed by atoms with E-state index in [9.17, 15) is 4.79 Å². The fourth-order valence-corrected chi connectivity index (χ4v) is 0.962. The maximum Gasteiger partial charge on any atom is 0.247 e. The quantitative estimate of drug-likeness (QED) is 0.581. The van der Waals surface area contributed by atoms with Crippen molar-refractivity contribution >= 4 is 11.6 Å². The molecule has 0 unspecified atom stereocenters. The van der Waals surface area contributed by atoms with Gasteiger partial charge in [-0.15, -0.1) is 0 Å². The van der Waals surface area contributed by atoms with Crippen molar-refractivity contribution < 1.29 is 14.3 Å². The van der Waals surface area contributed by atoms with E-state index in [-0.39, 0.29) is 5.91 Å². The summed E-state index contributed by atoms with van der Waals surface area (Å²) in [6, 6.07) is 3.38. The van der Waals surface area contributed by atoms with Crippen LogP contribution in [-0.2, 0) is 9.53 Å². The minimum absolute atomic E-state index is 0.269. The van der Waals surface area contributed by atoms with Crippen LogP contribution in [0.15, 0.2) is 31.0 Å². The fourth-order valence-electron chi connectivity index (χ4n) is 0.962. The lowest BCUT2D eigenvalue weighted by Crippen LogP contribution is -2.08. The van der Waals surface area contributed by atoms with Gasteiger partial charge < -0.3 is 14.8 Å². The van der Waals surface area contributed by atoms with Crippen molar-refractivity contribution in [3.63, 3.8) is 0 Å². The molecule has 0 bridgehead atoms. The number of amides is 1. The van der Waals surface area contributed by atoms with Crippen LogP contribution in [0.2, 0.25) is 0 Å². The van der Waals surface area contributed by atoms with Crippen molar-refractivity contribution in [1.29, 1.82) is 0 Å². The van der Waals surface area contributed by atoms with Gasteiger partial charge in [0.1, 0.15) is 6.61 Å². The zero-order valence-electron chi connectivity index (χ0n) is 9.10. The Hall–Kier alpha value is -1.88. The minimum Gasteiger partial charge on any atom is -0.475 e. The van der Waals surface area contributed by atoms with Crippen LogP contribution in [0.25, 0.3) is 0 Å². The van der Waals surface area contributed by atoms with Crippen molar-refractivity contribution in [2.75, 3.05) is 25.6 Å². The standard InChI is InChI=1S/C11H14N2O3/c1-3-10(14)13-9-4-5-11(12-8-9)16-7-6-15-2/h3-5,8H,1,6-7H2,2H3,(H,13,14). The van der Waals surface area contributed by atoms with E-state index in [4.69, 9.17) is 9.47 Å². The minimum atomic E-state index is -0.269. The molecule has 0 aliphatic rings. The molecular weight excluding hydrogens is 208 g/mol. The van der Waals surface area contributed by atoms with Crippen LogP contribution in [-0.4, -0.2) is 31.2 Å². The van der Waals surface area contributed by atoms with Gasteiger partial charge in [0.05, 0.1) is 18.5 Å². The van der Waals surface area contributed by atoms with Crippen LogP contribution in [0.4, 0.5) is 5.69 Å². The number of nitrogens with one attached hydrogen (secondary N) is 1. The highest BCUT2D eigenvalue weighted by molar-refractivity contribution is 5.98. The molecule has 1 amide bonds. The first-order valence-electron chi connectivity index (χ1n) is 4.77. The van der Waals surface area contributed by atoms with Gasteiger partial charge in [-0.3, -0.25) is 4.79 Å². The van der Waals surface area contributed by atoms with Gasteiger partial charge in [-0.25, -0.2) is 4.98 Å². The molecule has 1 N–H and O–H groups in total. The molecule has 0 radical (unpaired) electrons. The third kappa shape index (κ3) is 4.10. The maximum atomic E-state index is 11.0. The van der Waals surface area contributed by atoms with Crippen LogP contribution < -0.4 is 10.1 Å². The highest BCUT2D eigenvalue weighted by Gasteiger charge is 1.99. The van der Waals surface area contributed by atoms with Crippen molar-refractivity contribution in [1.82, 2.24) is 4.98 Å². The van der Waals surface area contributed by atoms with Gasteiger partial charge >= 0.3 is 0 Å². The van der Waals surface area contributed by atoms with Gasteiger partial charge in [0.15, 0.2) is 0 Å². The van der Waals surface area contributed by atoms with Crippen LogP contribution >= 0.6 is 0 Å². The van der Waals surface area contributed by atoms with Gasteiger partial charge in [-0.1, -0.05) is 6.58 Å². The molecule has 86 valence electrons. The third-order valence-electron chi connectivity index (χ3n) is 1.73. The zero-order valence-corrected chi connectivity index (χ0v) is 9.10. The van der Waals surface area contributed by atoms with Crippen molar-refractivity contribution in [3.8, 4) is 5.88 Å². The summed E-state index contributed by atoms with van der Waals surface area (Å²) in [6.45, 7) is 4.31. The average molecular weight is 222 g/mol. The second-order valence-electron chi connectivity index (χ2n) is 2.92. The van der Waals surface area contributed by atoms with Crippen molar-refractivity contribution in [2.24, 2.45) is 0 Å². The highest BCUT2D eigenvalue weighted by Crippen LogP contribution is 2.11. The molecule has 5 heteroatoms. The van der Waals surface area contributed by atoms with E-state index in [1.54, 1.807) is 19.2 Å². The first-order valence-corrected chi connectivity index (χ1v) is 4.77. The Morgan fingerprint density at radius 1 is 1.56 bits per heavy atom. The predicted octanol–water partition coefficient (Wildman–Crippen LogP) is 1.23. The molecule has 0 fully saturated rings. The second-order valence-corrected chi connectivity index (χ2v) is 2.92. The van der Waals surface area contributed by atoms with E-state index >= 15 is 0 Å². The molecule has 0 spiro atoms. The Labute approximate surface area is 94.1 Å². The average Bonchev–Trinajstić information content (AvgIpc) is 2.31. The molecule has 5 nitrogen and oxygen atoms in total. The number of anilines is 1. The molecule has 16 heavy (non-hydrogen) atoms. The van der Waals surface area contributed by atoms with Crippen molar-refractivity contribution in [2.45, 2.75) is 0 Å². The molecule has 1 rings (SSSR count). The van der Waals surface area contributed by atoms with Gasteiger partial charge in [-0.05, 0) is 12.1 Å². The summed E-state index contributed by atoms with van der Waals surface area (Å²) in [4.78, 5) is 15.0. The summed E-state index contributed by atoms with van der Waals surface area (Å²) in [6.07, 6.45) is 2.71. The van der Waals surface area contributed by atoms with Crippen LogP contribution in [0.1, 0.15) is 0 Å². The van der Waals surface area contributed by atoms with Gasteiger partial charge in [-0.2, -0.15) is 0 Å². The van der Waals surface area contributed by atoms with Crippen molar-refractivity contribution in [3.05, 3.63) is 31.0 Å². The maximum absolute atomic E-state index is 11.0. The molecular formula is C11H14N2O3. The Kier molecular flexibility index (Phi) is 5.01. The summed E-state index contributed by atoms with van der Waals surface area (Å²) in [7, 11) is 1.60. The summed E-state index contributed by atoms with van der Waals surface area (Å²) >= 11 is 0. The lowest BCUT2D eigenvalue weighted by molar-refractivity contribution is -0.111. The number of aromatic nitrogens is 1. The molecule has 1 heterocycles. The lowest BCUT2D eigenvalue weighted by atomic mass is 10.4. The number of nitrogens with zero attached hydrogens (tertiary/aromatic N) is 1. The normalized spacial score (nSPS) is 9.56. The number of hydrogen-bond acceptors (Lipinski definition) is 4. The lowest BCUT2D eigenvalue weighted by Gasteiger charge is -2.05. The van der Waals surface area contributed by atoms with E-state index in [0.717, 1.165) is 0 Å². The highest BCUT2D eigenvalue weighted by atomic mass is 16.5. The predicted molar refractivity (Wildman–Crippen MR) is 60.4 cm³/mol. The van der Waals surface area contributed by atoms with E-state index in [1.165, 1.54) is 12.3 Å². The number of methoxy groups -OCH3 is 1. The molecule has 1 aromatic heterocycles. The van der Waals surface area contributed by atoms with Gasteiger partial charge in [0, 0.05) is 13.2 Å². The number of pyridine rings is 1. The zero-order chi connectivity index (χ0) is 11.8. The third-order valence-corrected chi connectivity index (χ3v) is 1.73. The molecule has 0 aromatic carbocycles. The monoisotopic (exact) mass is 222 g/mol. The van der Waals surface area contributed by atoms with Crippen LogP contribution in [0.3, 0.4) is 0 Å². The van der Waals surface area contributed by atoms with Gasteiger partial charge in [0.2, 0.25) is 11.8 Å². The largest absolute Gasteiger partial charge is 0.475 e. The van der Waals surface area contributed by atoms with E-state index in [1.807, 2.05) is 0 Å². The Morgan fingerprint density at radius 2 is 2.38 bits per heavy atom. The van der Waals surface area contributed by atoms with Gasteiger partial charge in [0.25, 0.3) is 0 Å². The number of rotatable bonds is 6. The summed E-state index contributed by atoms with van der Waals surface area (Å²) in [5.74, 6) is 0.225. The number of hydrogen-bond donors (Lipinski definition) is 1. The van der Waals surface area contributed by atoms with Crippen LogP contribution in [0, 0.1) is 0 Å². The summed E-state index contributed by atoms with van der Waals surface area (Å²) < 4.78 is 10.1. The SMILES string of the molecule is C=CC(=O)Nc1ccc(OCCOC)nc1. The molecule has 0 aliphatic carbocycles. The first-order chi connectivity index (χ1) is 7.76. The Balaban J connectivity index is 2.47. The number of carbonyl (C=O) groups excluding carboxylic acids is 1. The fraction of sp³-hybridized carbons (Fsp3) is 0.273. The summed E-state index contributed by atoms with van der Waals surface area (Å²) in [5, 5.41) is 2.59. The van der Waals surface area contributed by atoms with E-state index < -0.39 is 0 Å². The van der Waals surface area contributed by atoms with Crippen LogP contribution in [0.5, 0.6) is 5.88 Å². The molecule has 0 saturated heterocycles. The molecule has 0 aliphatic heterocycles. The molecule has 1 aromatic rings. The number of carbonyl (C=O) groups is 1.